The number of hydrogen-bond donors (Lipinski definition) is 0. The van der Waals surface area contributed by atoms with Crippen molar-refractivity contribution in [3.63, 3.8) is 0 Å². The van der Waals surface area contributed by atoms with Gasteiger partial charge in [0.1, 0.15) is 0 Å². The summed E-state index contributed by atoms with van der Waals surface area (Å²) in [5.74, 6) is -3.04. The Morgan fingerprint density at radius 1 is 1.06 bits per heavy atom. The molecule has 0 saturated heterocycles. The fraction of sp³-hybridized carbons (Fsp3) is 0.818. The van der Waals surface area contributed by atoms with Gasteiger partial charge in [0.05, 0.1) is 24.7 Å². The number of methoxy groups -OCH3 is 2. The largest absolute Gasteiger partial charge is 0.468 e. The van der Waals surface area contributed by atoms with Crippen LogP contribution >= 0.6 is 0 Å². The summed E-state index contributed by atoms with van der Waals surface area (Å²) in [6, 6.07) is 0. The first-order valence-electron chi connectivity index (χ1n) is 5.44. The predicted molar refractivity (Wildman–Crippen MR) is 65.7 cm³/mol. The molecule has 0 unspecified atom stereocenters. The molecule has 7 heteroatoms. The molecule has 0 saturated carbocycles. The van der Waals surface area contributed by atoms with Gasteiger partial charge < -0.3 is 9.47 Å². The van der Waals surface area contributed by atoms with Crippen molar-refractivity contribution in [2.45, 2.75) is 31.9 Å². The van der Waals surface area contributed by atoms with Crippen molar-refractivity contribution in [2.75, 3.05) is 20.0 Å². The van der Waals surface area contributed by atoms with Gasteiger partial charge in [0, 0.05) is 0 Å². The normalized spacial score (nSPS) is 12.3. The van der Waals surface area contributed by atoms with Crippen molar-refractivity contribution < 1.29 is 27.5 Å². The molecule has 0 aliphatic rings. The lowest BCUT2D eigenvalue weighted by atomic mass is 10.1. The van der Waals surface area contributed by atoms with Gasteiger partial charge in [-0.25, -0.2) is 8.42 Å². The van der Waals surface area contributed by atoms with Crippen LogP contribution in [0.3, 0.4) is 0 Å². The summed E-state index contributed by atoms with van der Waals surface area (Å²) < 4.78 is 31.7. The summed E-state index contributed by atoms with van der Waals surface area (Å²) in [7, 11) is -1.12. The van der Waals surface area contributed by atoms with Gasteiger partial charge in [0.25, 0.3) is 0 Å². The first-order valence-corrected chi connectivity index (χ1v) is 7.10. The monoisotopic (exact) mass is 280 g/mol. The van der Waals surface area contributed by atoms with Crippen LogP contribution in [-0.4, -0.2) is 45.1 Å². The fourth-order valence-electron chi connectivity index (χ4n) is 1.20. The summed E-state index contributed by atoms with van der Waals surface area (Å²) in [5, 5.41) is 0. The molecule has 0 aromatic heterocycles. The second-order valence-corrected chi connectivity index (χ2v) is 7.68. The van der Waals surface area contributed by atoms with Gasteiger partial charge in [-0.2, -0.15) is 0 Å². The first kappa shape index (κ1) is 16.9. The van der Waals surface area contributed by atoms with Crippen LogP contribution in [0.5, 0.6) is 0 Å². The summed E-state index contributed by atoms with van der Waals surface area (Å²) >= 11 is 0. The molecule has 18 heavy (non-hydrogen) atoms. The lowest BCUT2D eigenvalue weighted by Crippen LogP contribution is -2.34. The molecular weight excluding hydrogens is 260 g/mol. The number of rotatable bonds is 5. The van der Waals surface area contributed by atoms with Gasteiger partial charge in [-0.15, -0.1) is 0 Å². The van der Waals surface area contributed by atoms with Crippen molar-refractivity contribution in [3.05, 3.63) is 0 Å². The van der Waals surface area contributed by atoms with E-state index in [9.17, 15) is 18.0 Å². The average Bonchev–Trinajstić information content (AvgIpc) is 2.26. The molecular formula is C11H20O6S. The Balaban J connectivity index is 4.85. The zero-order valence-electron chi connectivity index (χ0n) is 11.3. The van der Waals surface area contributed by atoms with Gasteiger partial charge in [-0.1, -0.05) is 0 Å². The molecule has 0 fully saturated rings. The first-order chi connectivity index (χ1) is 8.06. The quantitative estimate of drug-likeness (QED) is 0.540. The Labute approximate surface area is 108 Å². The Morgan fingerprint density at radius 3 is 1.72 bits per heavy atom. The SMILES string of the molecule is COC(=O)C(CCS(=O)(=O)C(C)(C)C)C(=O)OC. The molecule has 0 heterocycles. The minimum Gasteiger partial charge on any atom is -0.468 e. The van der Waals surface area contributed by atoms with Gasteiger partial charge >= 0.3 is 11.9 Å². The van der Waals surface area contributed by atoms with Crippen molar-refractivity contribution in [3.8, 4) is 0 Å². The van der Waals surface area contributed by atoms with Crippen LogP contribution in [0, 0.1) is 5.92 Å². The molecule has 0 bridgehead atoms. The van der Waals surface area contributed by atoms with E-state index in [1.54, 1.807) is 20.8 Å². The number of hydrogen-bond acceptors (Lipinski definition) is 6. The molecule has 106 valence electrons. The molecule has 0 aliphatic heterocycles. The lowest BCUT2D eigenvalue weighted by molar-refractivity contribution is -0.158. The molecule has 0 aromatic carbocycles. The maximum atomic E-state index is 11.9. The standard InChI is InChI=1S/C11H20O6S/c1-11(2,3)18(14,15)7-6-8(9(12)16-4)10(13)17-5/h8H,6-7H2,1-5H3. The molecule has 0 rings (SSSR count). The van der Waals surface area contributed by atoms with E-state index < -0.39 is 32.4 Å². The highest BCUT2D eigenvalue weighted by atomic mass is 32.2. The summed E-state index contributed by atoms with van der Waals surface area (Å²) in [4.78, 5) is 22.7. The van der Waals surface area contributed by atoms with Crippen LogP contribution in [0.1, 0.15) is 27.2 Å². The molecule has 0 N–H and O–H groups in total. The fourth-order valence-corrected chi connectivity index (χ4v) is 2.35. The third-order valence-corrected chi connectivity index (χ3v) is 5.22. The molecule has 0 radical (unpaired) electrons. The number of ether oxygens (including phenoxy) is 2. The summed E-state index contributed by atoms with van der Waals surface area (Å²) in [5.41, 5.74) is 0. The predicted octanol–water partition coefficient (Wildman–Crippen LogP) is 0.552. The number of esters is 2. The zero-order chi connectivity index (χ0) is 14.6. The van der Waals surface area contributed by atoms with E-state index in [-0.39, 0.29) is 12.2 Å². The van der Waals surface area contributed by atoms with Gasteiger partial charge in [-0.3, -0.25) is 9.59 Å². The highest BCUT2D eigenvalue weighted by molar-refractivity contribution is 7.92. The van der Waals surface area contributed by atoms with E-state index in [1.807, 2.05) is 0 Å². The minimum absolute atomic E-state index is 0.140. The second-order valence-electron chi connectivity index (χ2n) is 4.82. The highest BCUT2D eigenvalue weighted by Gasteiger charge is 2.34. The van der Waals surface area contributed by atoms with Crippen molar-refractivity contribution in [2.24, 2.45) is 5.92 Å². The van der Waals surface area contributed by atoms with Crippen molar-refractivity contribution in [1.82, 2.24) is 0 Å². The molecule has 6 nitrogen and oxygen atoms in total. The van der Waals surface area contributed by atoms with Crippen LogP contribution < -0.4 is 0 Å². The summed E-state index contributed by atoms with van der Waals surface area (Å²) in [6.07, 6.45) is -0.140. The van der Waals surface area contributed by atoms with Crippen LogP contribution in [-0.2, 0) is 28.9 Å². The lowest BCUT2D eigenvalue weighted by Gasteiger charge is -2.20. The molecule has 0 aromatic rings. The van der Waals surface area contributed by atoms with Crippen LogP contribution in [0.25, 0.3) is 0 Å². The Bertz CT molecular complexity index is 388. The zero-order valence-corrected chi connectivity index (χ0v) is 12.2. The third kappa shape index (κ3) is 4.29. The molecule has 0 atom stereocenters. The van der Waals surface area contributed by atoms with E-state index in [0.717, 1.165) is 14.2 Å². The molecule has 0 aliphatic carbocycles. The Morgan fingerprint density at radius 2 is 1.44 bits per heavy atom. The van der Waals surface area contributed by atoms with Gasteiger partial charge in [0.2, 0.25) is 0 Å². The van der Waals surface area contributed by atoms with E-state index in [4.69, 9.17) is 0 Å². The van der Waals surface area contributed by atoms with Crippen molar-refractivity contribution in [1.29, 1.82) is 0 Å². The van der Waals surface area contributed by atoms with Crippen LogP contribution in [0.4, 0.5) is 0 Å². The van der Waals surface area contributed by atoms with E-state index >= 15 is 0 Å². The minimum atomic E-state index is -3.39. The average molecular weight is 280 g/mol. The highest BCUT2D eigenvalue weighted by Crippen LogP contribution is 2.19. The Hall–Kier alpha value is -1.11. The maximum absolute atomic E-state index is 11.9. The number of sulfone groups is 1. The smallest absolute Gasteiger partial charge is 0.320 e. The van der Waals surface area contributed by atoms with Crippen LogP contribution in [0.2, 0.25) is 0 Å². The van der Waals surface area contributed by atoms with Gasteiger partial charge in [0.15, 0.2) is 15.8 Å². The second kappa shape index (κ2) is 6.17. The maximum Gasteiger partial charge on any atom is 0.320 e. The number of carbonyl (C=O) groups is 2. The molecule has 0 spiro atoms. The van der Waals surface area contributed by atoms with E-state index in [1.165, 1.54) is 0 Å². The third-order valence-electron chi connectivity index (χ3n) is 2.58. The summed E-state index contributed by atoms with van der Waals surface area (Å²) in [6.45, 7) is 4.69. The molecule has 0 amide bonds. The van der Waals surface area contributed by atoms with Gasteiger partial charge in [-0.05, 0) is 27.2 Å². The number of carbonyl (C=O) groups excluding carboxylic acids is 2. The Kier molecular flexibility index (Phi) is 5.79. The van der Waals surface area contributed by atoms with E-state index in [0.29, 0.717) is 0 Å². The van der Waals surface area contributed by atoms with Crippen molar-refractivity contribution >= 4 is 21.8 Å². The van der Waals surface area contributed by atoms with E-state index in [2.05, 4.69) is 9.47 Å². The topological polar surface area (TPSA) is 86.7 Å². The van der Waals surface area contributed by atoms with Crippen LogP contribution in [0.15, 0.2) is 0 Å².